The largest absolute Gasteiger partial charge is 0.460 e. The van der Waals surface area contributed by atoms with E-state index in [9.17, 15) is 44.4 Å². The number of rotatable bonds is 32. The first-order chi connectivity index (χ1) is 63.2. The molecule has 5 aliphatic rings. The molecule has 10 heterocycles. The van der Waals surface area contributed by atoms with Crippen LogP contribution in [0.1, 0.15) is 174 Å². The van der Waals surface area contributed by atoms with E-state index < -0.39 is 84.1 Å². The molecule has 0 unspecified atom stereocenters. The number of hydrogen-bond acceptors (Lipinski definition) is 34. The second-order valence-electron chi connectivity index (χ2n) is 35.3. The molecule has 131 heavy (non-hydrogen) atoms. The van der Waals surface area contributed by atoms with Crippen molar-refractivity contribution in [2.24, 2.45) is 40.7 Å². The zero-order valence-electron chi connectivity index (χ0n) is 77.0. The number of carbonyl (C=O) groups excluding carboxylic acids is 5. The number of amides is 2. The van der Waals surface area contributed by atoms with Crippen molar-refractivity contribution >= 4 is 80.9 Å². The van der Waals surface area contributed by atoms with E-state index >= 15 is 0 Å². The van der Waals surface area contributed by atoms with Crippen molar-refractivity contribution in [3.63, 3.8) is 0 Å². The molecule has 1 aliphatic carbocycles. The minimum Gasteiger partial charge on any atom is -0.460 e. The molecule has 6 aromatic heterocycles. The Bertz CT molecular complexity index is 5050. The first-order valence-electron chi connectivity index (χ1n) is 45.9. The number of piperidine rings is 1. The molecule has 4 aliphatic heterocycles. The summed E-state index contributed by atoms with van der Waals surface area (Å²) in [5, 5.41) is 69.4. The number of carbonyl (C=O) groups is 5. The number of ether oxygens (including phenoxy) is 8. The number of allylic oxidation sites excluding steroid dienone is 5. The molecular formula is C93H131N19O19. The number of cyclic esters (lactones) is 1. The number of aryl methyl sites for hydroxylation is 1. The number of unbranched alkanes of at least 4 members (excludes halogenated alkanes) is 1. The Labute approximate surface area is 763 Å². The van der Waals surface area contributed by atoms with E-state index in [0.29, 0.717) is 217 Å². The number of benzene rings is 1. The van der Waals surface area contributed by atoms with Gasteiger partial charge < -0.3 is 99.1 Å². The quantitative estimate of drug-likeness (QED) is 0.00518. The van der Waals surface area contributed by atoms with Gasteiger partial charge in [-0.1, -0.05) is 81.4 Å². The number of nitrogens with one attached hydrogen (secondary N) is 1. The summed E-state index contributed by atoms with van der Waals surface area (Å²) in [6.07, 6.45) is 22.5. The fraction of sp³-hybridized carbons (Fsp3) is 0.613. The Hall–Kier alpha value is -10.5. The lowest BCUT2D eigenvalue weighted by atomic mass is 9.78. The van der Waals surface area contributed by atoms with Crippen molar-refractivity contribution < 1.29 is 91.5 Å². The third-order valence-corrected chi connectivity index (χ3v) is 25.6. The van der Waals surface area contributed by atoms with Gasteiger partial charge in [0.25, 0.3) is 17.7 Å². The monoisotopic (exact) mass is 1820 g/mol. The summed E-state index contributed by atoms with van der Waals surface area (Å²) in [5.74, 6) is -6.14. The molecule has 9 N–H and O–H groups in total. The normalized spacial score (nSPS) is 27.6. The van der Waals surface area contributed by atoms with Gasteiger partial charge >= 0.3 is 5.97 Å². The number of nitrogen functional groups attached to an aromatic ring is 2. The molecule has 2 amide bonds. The maximum Gasteiger partial charge on any atom is 0.329 e. The number of anilines is 4. The van der Waals surface area contributed by atoms with Crippen LogP contribution in [-0.4, -0.2) is 281 Å². The average Bonchev–Trinajstić information content (AvgIpc) is 1.71. The number of aliphatic hydroxyl groups is 4. The molecule has 1 saturated carbocycles. The standard InChI is InChI=1S/C93H131N19O19/c1-57-19-12-11-13-20-58(2)76(122-8)48-69-26-23-63(7)93(121,131-69)85(118)88(119)110-31-16-14-21-71(110)89(120)129-77(60(4)45-64-24-27-73(114)78(46-64)123-9)49-74(115)59(3)44-62(6)83(117)84(124-10)81(61(5)43-57)106-128-55-67-54-112(107-104-67)68-52-99-92(100-53-68)109-35-33-108(34-36-109)91-97-50-66(51-98-91)72(113)22-18-37-125-39-41-127-42-40-126-38-29-79(116)96-30-15-17-32-111-87-80(86(94)101-56-102-87)82(105-111)65-25-28-75-70(47-65)103-90(95)130-75/h11-13,19-20,25,28,44,47,50-54,56-57,59-61,63-64,69,71,73-74,76-78,83-84,114-115,117,121H,14-18,21-24,26-27,29-43,45-46,48-49,55H2,1-10H3,(H2,95,103)(H,96,116)(H2,94,101,102)/b13-11+,19-12+,58-20+,62-44+,106-81?/t57-,59-,60-,61-,63-,64+,69+,71+,73-,74-,76+,77+,78-,83-,84+,93-/m1/s1. The van der Waals surface area contributed by atoms with Gasteiger partial charge in [0.2, 0.25) is 23.6 Å². The number of piperazine rings is 1. The fourth-order valence-electron chi connectivity index (χ4n) is 17.8. The molecule has 2 bridgehead atoms. The van der Waals surface area contributed by atoms with Crippen molar-refractivity contribution in [3.05, 3.63) is 114 Å². The van der Waals surface area contributed by atoms with Crippen molar-refractivity contribution in [1.82, 2.24) is 69.9 Å². The third kappa shape index (κ3) is 26.7. The Morgan fingerprint density at radius 3 is 2.20 bits per heavy atom. The van der Waals surface area contributed by atoms with Crippen LogP contribution < -0.4 is 26.6 Å². The number of ketones is 2. The SMILES string of the molecule is CO[C@H]1C[C@@H]2CC[C@@H](C)[C@@](O)(O2)C(=O)C(=O)N2CCCC[C@H]2C(=O)O[C@H]([C@H](C)C[C@@H]2CC[C@@H](O)[C@H](OC)C2)C[C@@H](O)[C@H](C)/C=C(\C)[C@@H](O)[C@@H](OC)C(=NOCc2cn(-c3cnc(N4CCN(c5ncc(C(=O)CCCOCCOCCOCCC(=O)NCCCCn6nc(-c7ccc8oc(N)nc8c7)c7c(N)ncnc76)cn5)CC4)nc3)nn2)[C@H](C)C[C@H](C)/C=C/C=C/C=C/1C. The Morgan fingerprint density at radius 2 is 1.47 bits per heavy atom. The lowest BCUT2D eigenvalue weighted by Gasteiger charge is -2.43. The van der Waals surface area contributed by atoms with Gasteiger partial charge in [0, 0.05) is 135 Å². The molecule has 712 valence electrons. The van der Waals surface area contributed by atoms with E-state index in [1.54, 1.807) is 75.9 Å². The maximum atomic E-state index is 14.8. The number of aliphatic hydroxyl groups excluding tert-OH is 3. The van der Waals surface area contributed by atoms with Crippen molar-refractivity contribution in [1.29, 1.82) is 0 Å². The predicted molar refractivity (Wildman–Crippen MR) is 487 cm³/mol. The van der Waals surface area contributed by atoms with Gasteiger partial charge in [-0.2, -0.15) is 10.1 Å². The molecule has 3 saturated heterocycles. The molecule has 0 radical (unpaired) electrons. The van der Waals surface area contributed by atoms with Gasteiger partial charge in [0.15, 0.2) is 23.6 Å². The summed E-state index contributed by atoms with van der Waals surface area (Å²) in [7, 11) is 4.65. The van der Waals surface area contributed by atoms with Crippen LogP contribution >= 0.6 is 0 Å². The number of oxime groups is 1. The molecule has 38 nitrogen and oxygen atoms in total. The van der Waals surface area contributed by atoms with Crippen LogP contribution in [0.5, 0.6) is 0 Å². The van der Waals surface area contributed by atoms with Gasteiger partial charge in [-0.25, -0.2) is 44.1 Å². The van der Waals surface area contributed by atoms with Crippen LogP contribution in [0, 0.1) is 35.5 Å². The number of nitrogens with two attached hydrogens (primary N) is 2. The molecule has 4 fully saturated rings. The van der Waals surface area contributed by atoms with E-state index in [-0.39, 0.29) is 99.3 Å². The third-order valence-electron chi connectivity index (χ3n) is 25.6. The molecule has 12 rings (SSSR count). The lowest BCUT2D eigenvalue weighted by Crippen LogP contribution is -2.61. The zero-order valence-corrected chi connectivity index (χ0v) is 77.0. The van der Waals surface area contributed by atoms with Crippen molar-refractivity contribution in [3.8, 4) is 16.9 Å². The number of fused-ring (bicyclic) bond motifs is 5. The van der Waals surface area contributed by atoms with Gasteiger partial charge in [-0.3, -0.25) is 19.2 Å². The summed E-state index contributed by atoms with van der Waals surface area (Å²) in [6.45, 7) is 18.5. The Morgan fingerprint density at radius 1 is 0.748 bits per heavy atom. The zero-order chi connectivity index (χ0) is 93.3. The minimum atomic E-state index is -2.46. The minimum absolute atomic E-state index is 0.0187. The topological polar surface area (TPSA) is 487 Å². The van der Waals surface area contributed by atoms with E-state index in [1.807, 2.05) is 69.0 Å². The molecule has 38 heteroatoms. The second-order valence-corrected chi connectivity index (χ2v) is 35.3. The average molecular weight is 1820 g/mol. The lowest BCUT2D eigenvalue weighted by molar-refractivity contribution is -0.265. The summed E-state index contributed by atoms with van der Waals surface area (Å²) in [4.78, 5) is 112. The summed E-state index contributed by atoms with van der Waals surface area (Å²) in [5.41, 5.74) is 18.4. The van der Waals surface area contributed by atoms with Gasteiger partial charge in [0.1, 0.15) is 59.1 Å². The predicted octanol–water partition coefficient (Wildman–Crippen LogP) is 8.58. The van der Waals surface area contributed by atoms with Crippen LogP contribution in [0.4, 0.5) is 23.7 Å². The van der Waals surface area contributed by atoms with Crippen LogP contribution in [0.2, 0.25) is 0 Å². The van der Waals surface area contributed by atoms with E-state index in [1.165, 1.54) is 23.0 Å². The highest BCUT2D eigenvalue weighted by Crippen LogP contribution is 2.40. The number of hydrogen-bond donors (Lipinski definition) is 7. The number of nitrogens with zero attached hydrogens (tertiary/aromatic N) is 16. The van der Waals surface area contributed by atoms with E-state index in [0.717, 1.165) is 17.6 Å². The van der Waals surface area contributed by atoms with Gasteiger partial charge in [0.05, 0.1) is 98.8 Å². The van der Waals surface area contributed by atoms with Gasteiger partial charge in [-0.05, 0) is 144 Å². The van der Waals surface area contributed by atoms with Gasteiger partial charge in [-0.15, -0.1) is 5.10 Å². The summed E-state index contributed by atoms with van der Waals surface area (Å²) in [6, 6.07) is 4.40. The van der Waals surface area contributed by atoms with Crippen molar-refractivity contribution in [2.45, 2.75) is 231 Å². The number of aromatic nitrogens is 12. The molecule has 1 aromatic carbocycles. The highest BCUT2D eigenvalue weighted by atomic mass is 16.6. The molecule has 0 spiro atoms. The highest BCUT2D eigenvalue weighted by Gasteiger charge is 2.53. The Kier molecular flexibility index (Phi) is 36.6. The summed E-state index contributed by atoms with van der Waals surface area (Å²) >= 11 is 0. The first kappa shape index (κ1) is 99.5. The molecule has 7 aromatic rings. The van der Waals surface area contributed by atoms with Crippen LogP contribution in [-0.2, 0) is 75.1 Å². The highest BCUT2D eigenvalue weighted by molar-refractivity contribution is 6.39. The fourth-order valence-corrected chi connectivity index (χ4v) is 17.8. The van der Waals surface area contributed by atoms with Crippen LogP contribution in [0.3, 0.4) is 0 Å². The van der Waals surface area contributed by atoms with Crippen LogP contribution in [0.15, 0.2) is 113 Å². The molecular weight excluding hydrogens is 1690 g/mol. The van der Waals surface area contributed by atoms with E-state index in [4.69, 9.17) is 78.8 Å². The molecule has 16 atom stereocenters. The maximum absolute atomic E-state index is 14.8. The smallest absolute Gasteiger partial charge is 0.329 e. The number of Topliss-reactive ketones (excluding diaryl/α,β-unsaturated/α-hetero) is 2. The number of esters is 1. The Balaban J connectivity index is 0.586. The second kappa shape index (κ2) is 48.2. The summed E-state index contributed by atoms with van der Waals surface area (Å²) < 4.78 is 56.2. The first-order valence-corrected chi connectivity index (χ1v) is 45.9. The number of oxazole rings is 1. The van der Waals surface area contributed by atoms with Crippen LogP contribution in [0.25, 0.3) is 39.1 Å². The van der Waals surface area contributed by atoms with Crippen molar-refractivity contribution in [2.75, 3.05) is 122 Å². The van der Waals surface area contributed by atoms with E-state index in [2.05, 4.69) is 58.4 Å². The number of methoxy groups -OCH3 is 3.